The Balaban J connectivity index is 1.98. The highest BCUT2D eigenvalue weighted by Gasteiger charge is 2.18. The molecule has 2 rings (SSSR count). The van der Waals surface area contributed by atoms with Crippen LogP contribution in [-0.2, 0) is 4.79 Å². The van der Waals surface area contributed by atoms with E-state index in [1.54, 1.807) is 26.0 Å². The number of aryl methyl sites for hydroxylation is 1. The molecule has 2 aromatic rings. The van der Waals surface area contributed by atoms with Gasteiger partial charge in [0.05, 0.1) is 10.3 Å². The number of thioether (sulfide) groups is 1. The highest BCUT2D eigenvalue weighted by Crippen LogP contribution is 2.21. The monoisotopic (exact) mass is 312 g/mol. The minimum atomic E-state index is -0.390. The molecule has 0 fully saturated rings. The van der Waals surface area contributed by atoms with Crippen molar-refractivity contribution in [1.29, 1.82) is 0 Å². The number of nitrogens with zero attached hydrogens (tertiary/aromatic N) is 4. The summed E-state index contributed by atoms with van der Waals surface area (Å²) in [7, 11) is 0. The van der Waals surface area contributed by atoms with Gasteiger partial charge < -0.3 is 11.2 Å². The lowest BCUT2D eigenvalue weighted by molar-refractivity contribution is -0.115. The first-order valence-electron chi connectivity index (χ1n) is 5.73. The van der Waals surface area contributed by atoms with Gasteiger partial charge in [0, 0.05) is 6.20 Å². The van der Waals surface area contributed by atoms with Gasteiger partial charge in [0.1, 0.15) is 11.6 Å². The number of halogens is 1. The lowest BCUT2D eigenvalue weighted by atomic mass is 10.4. The lowest BCUT2D eigenvalue weighted by Crippen LogP contribution is -2.24. The van der Waals surface area contributed by atoms with Gasteiger partial charge in [-0.05, 0) is 26.0 Å². The predicted molar refractivity (Wildman–Crippen MR) is 78.1 cm³/mol. The van der Waals surface area contributed by atoms with Gasteiger partial charge in [0.2, 0.25) is 11.1 Å². The van der Waals surface area contributed by atoms with Crippen LogP contribution in [0, 0.1) is 6.92 Å². The topological polar surface area (TPSA) is 98.7 Å². The maximum Gasteiger partial charge on any atom is 0.238 e. The summed E-state index contributed by atoms with van der Waals surface area (Å²) in [6.45, 7) is 3.49. The van der Waals surface area contributed by atoms with E-state index < -0.39 is 5.25 Å². The molecule has 1 amide bonds. The Morgan fingerprint density at radius 3 is 2.80 bits per heavy atom. The van der Waals surface area contributed by atoms with E-state index in [9.17, 15) is 4.79 Å². The third-order valence-corrected chi connectivity index (χ3v) is 3.75. The molecule has 106 valence electrons. The molecule has 0 aromatic carbocycles. The van der Waals surface area contributed by atoms with E-state index in [2.05, 4.69) is 20.5 Å². The molecule has 1 atom stereocenters. The molecule has 0 spiro atoms. The Bertz CT molecular complexity index is 614. The summed E-state index contributed by atoms with van der Waals surface area (Å²) in [6, 6.07) is 3.29. The van der Waals surface area contributed by atoms with Gasteiger partial charge in [0.15, 0.2) is 0 Å². The number of nitrogens with two attached hydrogens (primary N) is 1. The fourth-order valence-electron chi connectivity index (χ4n) is 1.32. The second-order valence-electron chi connectivity index (χ2n) is 4.01. The maximum atomic E-state index is 12.0. The molecule has 0 unspecified atom stereocenters. The molecule has 0 aliphatic heterocycles. The SMILES string of the molecule is Cc1nnc(S[C@H](C)C(=O)Nc2ccc(Cl)cn2)n1N. The van der Waals surface area contributed by atoms with Crippen LogP contribution >= 0.6 is 23.4 Å². The number of aromatic nitrogens is 4. The van der Waals surface area contributed by atoms with Crippen LogP contribution in [0.4, 0.5) is 5.82 Å². The van der Waals surface area contributed by atoms with Gasteiger partial charge in [-0.2, -0.15) is 0 Å². The Labute approximate surface area is 124 Å². The molecule has 0 aliphatic carbocycles. The van der Waals surface area contributed by atoms with Gasteiger partial charge in [-0.1, -0.05) is 23.4 Å². The molecule has 0 radical (unpaired) electrons. The van der Waals surface area contributed by atoms with Crippen LogP contribution in [0.3, 0.4) is 0 Å². The first kappa shape index (κ1) is 14.6. The number of hydrogen-bond acceptors (Lipinski definition) is 6. The van der Waals surface area contributed by atoms with Crippen molar-refractivity contribution < 1.29 is 4.79 Å². The van der Waals surface area contributed by atoms with Gasteiger partial charge in [-0.15, -0.1) is 10.2 Å². The number of pyridine rings is 1. The van der Waals surface area contributed by atoms with E-state index in [1.807, 2.05) is 0 Å². The van der Waals surface area contributed by atoms with E-state index >= 15 is 0 Å². The fraction of sp³-hybridized carbons (Fsp3) is 0.273. The summed E-state index contributed by atoms with van der Waals surface area (Å²) in [6.07, 6.45) is 1.47. The van der Waals surface area contributed by atoms with Crippen molar-refractivity contribution in [2.24, 2.45) is 0 Å². The maximum absolute atomic E-state index is 12.0. The minimum absolute atomic E-state index is 0.203. The molecule has 7 nitrogen and oxygen atoms in total. The van der Waals surface area contributed by atoms with Crippen molar-refractivity contribution in [3.05, 3.63) is 29.2 Å². The molecule has 2 aromatic heterocycles. The number of anilines is 1. The molecule has 0 saturated heterocycles. The standard InChI is InChI=1S/C11H13ClN6OS/c1-6(20-11-17-16-7(2)18(11)13)10(19)15-9-4-3-8(12)5-14-9/h3-6H,13H2,1-2H3,(H,14,15,19)/t6-/m1/s1. The third kappa shape index (κ3) is 3.40. The van der Waals surface area contributed by atoms with Crippen molar-refractivity contribution in [1.82, 2.24) is 19.9 Å². The zero-order valence-corrected chi connectivity index (χ0v) is 12.4. The summed E-state index contributed by atoms with van der Waals surface area (Å²) < 4.78 is 1.34. The van der Waals surface area contributed by atoms with Crippen molar-refractivity contribution >= 4 is 35.1 Å². The van der Waals surface area contributed by atoms with Crippen molar-refractivity contribution in [2.75, 3.05) is 11.2 Å². The summed E-state index contributed by atoms with van der Waals surface area (Å²) in [5, 5.41) is 11.0. The zero-order chi connectivity index (χ0) is 14.7. The highest BCUT2D eigenvalue weighted by molar-refractivity contribution is 8.00. The Hall–Kier alpha value is -1.80. The van der Waals surface area contributed by atoms with Gasteiger partial charge >= 0.3 is 0 Å². The van der Waals surface area contributed by atoms with Gasteiger partial charge in [0.25, 0.3) is 0 Å². The molecule has 3 N–H and O–H groups in total. The quantitative estimate of drug-likeness (QED) is 0.655. The van der Waals surface area contributed by atoms with Crippen molar-refractivity contribution in [2.45, 2.75) is 24.3 Å². The summed E-state index contributed by atoms with van der Waals surface area (Å²) in [4.78, 5) is 16.0. The normalized spacial score (nSPS) is 12.2. The number of amides is 1. The van der Waals surface area contributed by atoms with Gasteiger partial charge in [-0.25, -0.2) is 9.66 Å². The first-order chi connectivity index (χ1) is 9.47. The molecule has 0 aliphatic rings. The minimum Gasteiger partial charge on any atom is -0.336 e. The third-order valence-electron chi connectivity index (χ3n) is 2.47. The number of nitrogens with one attached hydrogen (secondary N) is 1. The number of hydrogen-bond donors (Lipinski definition) is 2. The van der Waals surface area contributed by atoms with Crippen LogP contribution in [0.1, 0.15) is 12.7 Å². The van der Waals surface area contributed by atoms with E-state index in [0.717, 1.165) is 0 Å². The molecule has 0 bridgehead atoms. The largest absolute Gasteiger partial charge is 0.336 e. The lowest BCUT2D eigenvalue weighted by Gasteiger charge is -2.10. The molecule has 0 saturated carbocycles. The van der Waals surface area contributed by atoms with Crippen molar-refractivity contribution in [3.63, 3.8) is 0 Å². The summed E-state index contributed by atoms with van der Waals surface area (Å²) in [5.74, 6) is 6.55. The summed E-state index contributed by atoms with van der Waals surface area (Å²) >= 11 is 6.95. The number of rotatable bonds is 4. The van der Waals surface area contributed by atoms with Crippen LogP contribution in [0.15, 0.2) is 23.5 Å². The molecular formula is C11H13ClN6OS. The van der Waals surface area contributed by atoms with Crippen LogP contribution in [0.2, 0.25) is 5.02 Å². The van der Waals surface area contributed by atoms with E-state index in [1.165, 1.54) is 22.6 Å². The van der Waals surface area contributed by atoms with Crippen LogP contribution in [-0.4, -0.2) is 31.0 Å². The predicted octanol–water partition coefficient (Wildman–Crippen LogP) is 1.47. The smallest absolute Gasteiger partial charge is 0.238 e. The van der Waals surface area contributed by atoms with Crippen LogP contribution in [0.25, 0.3) is 0 Å². The highest BCUT2D eigenvalue weighted by atomic mass is 35.5. The number of carbonyl (C=O) groups is 1. The Morgan fingerprint density at radius 2 is 2.25 bits per heavy atom. The van der Waals surface area contributed by atoms with Gasteiger partial charge in [-0.3, -0.25) is 4.79 Å². The second kappa shape index (κ2) is 6.10. The van der Waals surface area contributed by atoms with Crippen LogP contribution < -0.4 is 11.2 Å². The molecule has 9 heteroatoms. The van der Waals surface area contributed by atoms with Crippen molar-refractivity contribution in [3.8, 4) is 0 Å². The van der Waals surface area contributed by atoms with E-state index in [0.29, 0.717) is 21.8 Å². The molecule has 20 heavy (non-hydrogen) atoms. The number of carbonyl (C=O) groups excluding carboxylic acids is 1. The average molecular weight is 313 g/mol. The Morgan fingerprint density at radius 1 is 1.50 bits per heavy atom. The molecule has 2 heterocycles. The second-order valence-corrected chi connectivity index (χ2v) is 5.76. The van der Waals surface area contributed by atoms with Crippen LogP contribution in [0.5, 0.6) is 0 Å². The Kier molecular flexibility index (Phi) is 4.46. The first-order valence-corrected chi connectivity index (χ1v) is 6.99. The fourth-order valence-corrected chi connectivity index (χ4v) is 2.25. The van der Waals surface area contributed by atoms with E-state index in [-0.39, 0.29) is 5.91 Å². The zero-order valence-electron chi connectivity index (χ0n) is 10.9. The average Bonchev–Trinajstić information content (AvgIpc) is 2.73. The molecular weight excluding hydrogens is 300 g/mol. The summed E-state index contributed by atoms with van der Waals surface area (Å²) in [5.41, 5.74) is 0. The van der Waals surface area contributed by atoms with E-state index in [4.69, 9.17) is 17.4 Å². The number of nitrogen functional groups attached to an aromatic ring is 1.